The highest BCUT2D eigenvalue weighted by molar-refractivity contribution is 7.11. The summed E-state index contributed by atoms with van der Waals surface area (Å²) in [6, 6.07) is -0.0754. The maximum Gasteiger partial charge on any atom is 0.390 e. The first-order valence-corrected chi connectivity index (χ1v) is 5.85. The summed E-state index contributed by atoms with van der Waals surface area (Å²) in [6.45, 7) is 5.57. The number of nitrogens with one attached hydrogen (secondary N) is 1. The maximum atomic E-state index is 11.9. The number of aryl methyl sites for hydroxylation is 2. The molecule has 1 unspecified atom stereocenters. The molecule has 16 heavy (non-hydrogen) atoms. The maximum absolute atomic E-state index is 11.9. The third-order valence-electron chi connectivity index (χ3n) is 2.19. The minimum Gasteiger partial charge on any atom is -0.309 e. The van der Waals surface area contributed by atoms with Crippen LogP contribution in [0.5, 0.6) is 0 Å². The van der Waals surface area contributed by atoms with Crippen molar-refractivity contribution in [2.24, 2.45) is 0 Å². The van der Waals surface area contributed by atoms with Gasteiger partial charge >= 0.3 is 6.18 Å². The fourth-order valence-corrected chi connectivity index (χ4v) is 2.43. The lowest BCUT2D eigenvalue weighted by Gasteiger charge is -2.13. The highest BCUT2D eigenvalue weighted by atomic mass is 32.1. The first-order chi connectivity index (χ1) is 7.29. The van der Waals surface area contributed by atoms with Crippen molar-refractivity contribution in [3.05, 3.63) is 15.6 Å². The molecule has 1 rings (SSSR count). The van der Waals surface area contributed by atoms with Crippen LogP contribution in [-0.2, 0) is 0 Å². The van der Waals surface area contributed by atoms with Crippen LogP contribution in [0.4, 0.5) is 13.2 Å². The second kappa shape index (κ2) is 5.14. The molecule has 0 saturated heterocycles. The lowest BCUT2D eigenvalue weighted by atomic mass is 10.2. The zero-order valence-corrected chi connectivity index (χ0v) is 10.3. The number of hydrogen-bond acceptors (Lipinski definition) is 3. The zero-order chi connectivity index (χ0) is 12.3. The molecule has 0 spiro atoms. The average molecular weight is 252 g/mol. The van der Waals surface area contributed by atoms with Crippen LogP contribution in [0.1, 0.15) is 35.0 Å². The Bertz CT molecular complexity index is 346. The van der Waals surface area contributed by atoms with Gasteiger partial charge in [-0.3, -0.25) is 0 Å². The van der Waals surface area contributed by atoms with Gasteiger partial charge in [0.25, 0.3) is 0 Å². The van der Waals surface area contributed by atoms with E-state index in [1.807, 2.05) is 20.8 Å². The summed E-state index contributed by atoms with van der Waals surface area (Å²) in [5.41, 5.74) is 0.898. The van der Waals surface area contributed by atoms with Gasteiger partial charge in [0.2, 0.25) is 0 Å². The fourth-order valence-electron chi connectivity index (χ4n) is 1.47. The molecule has 1 aromatic heterocycles. The Morgan fingerprint density at radius 3 is 2.44 bits per heavy atom. The molecule has 0 amide bonds. The van der Waals surface area contributed by atoms with Gasteiger partial charge in [-0.1, -0.05) is 0 Å². The van der Waals surface area contributed by atoms with Crippen LogP contribution in [0, 0.1) is 13.8 Å². The number of halogens is 3. The Morgan fingerprint density at radius 2 is 2.00 bits per heavy atom. The molecule has 0 fully saturated rings. The van der Waals surface area contributed by atoms with E-state index >= 15 is 0 Å². The summed E-state index contributed by atoms with van der Waals surface area (Å²) >= 11 is 1.53. The van der Waals surface area contributed by atoms with E-state index in [2.05, 4.69) is 10.3 Å². The molecule has 0 aromatic carbocycles. The first kappa shape index (κ1) is 13.4. The van der Waals surface area contributed by atoms with Crippen molar-refractivity contribution in [1.29, 1.82) is 0 Å². The Hall–Kier alpha value is -0.620. The van der Waals surface area contributed by atoms with E-state index in [-0.39, 0.29) is 12.6 Å². The van der Waals surface area contributed by atoms with Crippen molar-refractivity contribution in [2.75, 3.05) is 6.54 Å². The number of alkyl halides is 3. The first-order valence-electron chi connectivity index (χ1n) is 5.03. The standard InChI is InChI=1S/C10H15F3N2S/c1-6(14-5-4-10(11,12)13)9-7(2)15-8(3)16-9/h6,14H,4-5H2,1-3H3. The van der Waals surface area contributed by atoms with Crippen LogP contribution in [0.3, 0.4) is 0 Å². The molecule has 1 atom stereocenters. The summed E-state index contributed by atoms with van der Waals surface area (Å²) in [5.74, 6) is 0. The summed E-state index contributed by atoms with van der Waals surface area (Å²) in [6.07, 6.45) is -4.89. The molecule has 0 bridgehead atoms. The third kappa shape index (κ3) is 4.09. The molecule has 0 aliphatic heterocycles. The van der Waals surface area contributed by atoms with Crippen LogP contribution in [0.25, 0.3) is 0 Å². The summed E-state index contributed by atoms with van der Waals surface area (Å²) in [7, 11) is 0. The van der Waals surface area contributed by atoms with E-state index in [4.69, 9.17) is 0 Å². The second-order valence-corrected chi connectivity index (χ2v) is 4.96. The van der Waals surface area contributed by atoms with Gasteiger partial charge in [-0.05, 0) is 20.8 Å². The van der Waals surface area contributed by atoms with Gasteiger partial charge in [-0.15, -0.1) is 11.3 Å². The van der Waals surface area contributed by atoms with Crippen molar-refractivity contribution < 1.29 is 13.2 Å². The highest BCUT2D eigenvalue weighted by Gasteiger charge is 2.26. The van der Waals surface area contributed by atoms with E-state index in [0.29, 0.717) is 0 Å². The molecule has 92 valence electrons. The van der Waals surface area contributed by atoms with Crippen molar-refractivity contribution in [3.63, 3.8) is 0 Å². The third-order valence-corrected chi connectivity index (χ3v) is 3.45. The van der Waals surface area contributed by atoms with Crippen LogP contribution < -0.4 is 5.32 Å². The Kier molecular flexibility index (Phi) is 4.32. The van der Waals surface area contributed by atoms with Crippen LogP contribution in [0.15, 0.2) is 0 Å². The van der Waals surface area contributed by atoms with Crippen molar-refractivity contribution >= 4 is 11.3 Å². The quantitative estimate of drug-likeness (QED) is 0.888. The predicted octanol–water partition coefficient (Wildman–Crippen LogP) is 3.36. The van der Waals surface area contributed by atoms with Crippen LogP contribution in [0.2, 0.25) is 0 Å². The number of hydrogen-bond donors (Lipinski definition) is 1. The normalized spacial score (nSPS) is 14.1. The summed E-state index contributed by atoms with van der Waals surface area (Å²) < 4.78 is 35.8. The van der Waals surface area contributed by atoms with Gasteiger partial charge < -0.3 is 5.32 Å². The number of nitrogens with zero attached hydrogens (tertiary/aromatic N) is 1. The molecule has 1 N–H and O–H groups in total. The van der Waals surface area contributed by atoms with Crippen molar-refractivity contribution in [3.8, 4) is 0 Å². The summed E-state index contributed by atoms with van der Waals surface area (Å²) in [4.78, 5) is 5.26. The van der Waals surface area contributed by atoms with Gasteiger partial charge in [0, 0.05) is 17.5 Å². The van der Waals surface area contributed by atoms with Gasteiger partial charge in [-0.2, -0.15) is 13.2 Å². The zero-order valence-electron chi connectivity index (χ0n) is 9.48. The molecule has 1 heterocycles. The SMILES string of the molecule is Cc1nc(C)c(C(C)NCCC(F)(F)F)s1. The van der Waals surface area contributed by atoms with Gasteiger partial charge in [0.15, 0.2) is 0 Å². The second-order valence-electron chi connectivity index (χ2n) is 3.72. The van der Waals surface area contributed by atoms with Crippen molar-refractivity contribution in [1.82, 2.24) is 10.3 Å². The minimum absolute atomic E-state index is 0.0545. The smallest absolute Gasteiger partial charge is 0.309 e. The molecule has 2 nitrogen and oxygen atoms in total. The van der Waals surface area contributed by atoms with E-state index in [0.717, 1.165) is 15.6 Å². The molecule has 0 aliphatic carbocycles. The minimum atomic E-state index is -4.09. The average Bonchev–Trinajstić information content (AvgIpc) is 2.43. The number of rotatable bonds is 4. The van der Waals surface area contributed by atoms with Gasteiger partial charge in [-0.25, -0.2) is 4.98 Å². The lowest BCUT2D eigenvalue weighted by molar-refractivity contribution is -0.133. The van der Waals surface area contributed by atoms with E-state index < -0.39 is 12.6 Å². The lowest BCUT2D eigenvalue weighted by Crippen LogP contribution is -2.24. The van der Waals surface area contributed by atoms with E-state index in [1.54, 1.807) is 0 Å². The predicted molar refractivity (Wildman–Crippen MR) is 58.7 cm³/mol. The van der Waals surface area contributed by atoms with E-state index in [9.17, 15) is 13.2 Å². The topological polar surface area (TPSA) is 24.9 Å². The Labute approximate surface area is 96.9 Å². The van der Waals surface area contributed by atoms with Crippen LogP contribution >= 0.6 is 11.3 Å². The largest absolute Gasteiger partial charge is 0.390 e. The van der Waals surface area contributed by atoms with Gasteiger partial charge in [0.1, 0.15) is 0 Å². The van der Waals surface area contributed by atoms with Crippen LogP contribution in [-0.4, -0.2) is 17.7 Å². The summed E-state index contributed by atoms with van der Waals surface area (Å²) in [5, 5.41) is 3.80. The number of aromatic nitrogens is 1. The Balaban J connectivity index is 2.47. The Morgan fingerprint density at radius 1 is 1.38 bits per heavy atom. The monoisotopic (exact) mass is 252 g/mol. The highest BCUT2D eigenvalue weighted by Crippen LogP contribution is 2.25. The fraction of sp³-hybridized carbons (Fsp3) is 0.700. The molecule has 1 aromatic rings. The molecule has 0 aliphatic rings. The molecular formula is C10H15F3N2S. The molecular weight excluding hydrogens is 237 g/mol. The number of thiazole rings is 1. The molecule has 6 heteroatoms. The molecule has 0 radical (unpaired) electrons. The van der Waals surface area contributed by atoms with Crippen molar-refractivity contribution in [2.45, 2.75) is 39.4 Å². The van der Waals surface area contributed by atoms with E-state index in [1.165, 1.54) is 11.3 Å². The molecule has 0 saturated carbocycles. The van der Waals surface area contributed by atoms with Gasteiger partial charge in [0.05, 0.1) is 17.1 Å².